The predicted molar refractivity (Wildman–Crippen MR) is 67.0 cm³/mol. The molecule has 2 saturated heterocycles. The molecular weight excluding hydrogens is 230 g/mol. The van der Waals surface area contributed by atoms with Crippen LogP contribution in [0.1, 0.15) is 32.1 Å². The van der Waals surface area contributed by atoms with Crippen LogP contribution in [0.2, 0.25) is 0 Å². The summed E-state index contributed by atoms with van der Waals surface area (Å²) in [5.41, 5.74) is 0. The number of nitrogens with one attached hydrogen (secondary N) is 2. The molecule has 5 nitrogen and oxygen atoms in total. The molecule has 2 N–H and O–H groups in total. The Hall–Kier alpha value is -1.10. The van der Waals surface area contributed by atoms with Crippen LogP contribution in [0.5, 0.6) is 0 Å². The number of piperidine rings is 2. The molecule has 3 rings (SSSR count). The minimum absolute atomic E-state index is 0.00632. The first-order valence-electron chi connectivity index (χ1n) is 7.06. The lowest BCUT2D eigenvalue weighted by atomic mass is 9.85. The van der Waals surface area contributed by atoms with Crippen molar-refractivity contribution in [2.75, 3.05) is 19.6 Å². The average molecular weight is 251 g/mol. The van der Waals surface area contributed by atoms with Crippen LogP contribution in [-0.2, 0) is 4.79 Å². The number of hydrogen-bond acceptors (Lipinski definition) is 3. The Labute approximate surface area is 107 Å². The van der Waals surface area contributed by atoms with E-state index >= 15 is 0 Å². The number of rotatable bonds is 1. The molecule has 0 aromatic carbocycles. The number of amides is 3. The zero-order valence-electron chi connectivity index (χ0n) is 10.7. The van der Waals surface area contributed by atoms with Gasteiger partial charge >= 0.3 is 6.03 Å². The maximum atomic E-state index is 12.2. The third kappa shape index (κ3) is 2.23. The summed E-state index contributed by atoms with van der Waals surface area (Å²) < 4.78 is 0. The van der Waals surface area contributed by atoms with Crippen molar-refractivity contribution in [2.45, 2.75) is 38.1 Å². The molecule has 2 atom stereocenters. The van der Waals surface area contributed by atoms with E-state index in [1.54, 1.807) is 0 Å². The van der Waals surface area contributed by atoms with Crippen LogP contribution in [0, 0.1) is 11.8 Å². The molecule has 2 bridgehead atoms. The highest BCUT2D eigenvalue weighted by molar-refractivity contribution is 5.96. The van der Waals surface area contributed by atoms with Crippen LogP contribution in [0.25, 0.3) is 0 Å². The lowest BCUT2D eigenvalue weighted by molar-refractivity contribution is -0.137. The lowest BCUT2D eigenvalue weighted by Gasteiger charge is -2.40. The summed E-state index contributed by atoms with van der Waals surface area (Å²) in [5, 5.41) is 6.28. The van der Waals surface area contributed by atoms with Gasteiger partial charge in [0.05, 0.1) is 5.92 Å². The fourth-order valence-corrected chi connectivity index (χ4v) is 3.43. The first kappa shape index (κ1) is 12.0. The van der Waals surface area contributed by atoms with E-state index in [1.807, 2.05) is 0 Å². The van der Waals surface area contributed by atoms with Gasteiger partial charge in [0.2, 0.25) is 5.91 Å². The highest BCUT2D eigenvalue weighted by Crippen LogP contribution is 2.26. The number of hydrogen-bond donors (Lipinski definition) is 2. The maximum Gasteiger partial charge on any atom is 0.324 e. The van der Waals surface area contributed by atoms with Gasteiger partial charge in [-0.25, -0.2) is 4.79 Å². The normalized spacial score (nSPS) is 32.7. The molecule has 3 aliphatic rings. The summed E-state index contributed by atoms with van der Waals surface area (Å²) in [6, 6.07) is 0.119. The summed E-state index contributed by atoms with van der Waals surface area (Å²) in [6.45, 7) is 2.24. The number of imide groups is 1. The third-order valence-electron chi connectivity index (χ3n) is 4.43. The molecule has 0 spiro atoms. The van der Waals surface area contributed by atoms with Crippen LogP contribution in [0.3, 0.4) is 0 Å². The number of fused-ring (bicyclic) bond motifs is 2. The molecule has 18 heavy (non-hydrogen) atoms. The summed E-state index contributed by atoms with van der Waals surface area (Å²) in [5.74, 6) is 0.455. The maximum absolute atomic E-state index is 12.2. The zero-order valence-corrected chi connectivity index (χ0v) is 10.7. The SMILES string of the molecule is O=C(NC1CCCC1)N1C[C@H]2CNC[C@H](C2)C1=O. The van der Waals surface area contributed by atoms with Crippen LogP contribution >= 0.6 is 0 Å². The highest BCUT2D eigenvalue weighted by Gasteiger charge is 2.40. The van der Waals surface area contributed by atoms with E-state index in [0.29, 0.717) is 12.5 Å². The Kier molecular flexibility index (Phi) is 3.24. The number of urea groups is 1. The van der Waals surface area contributed by atoms with Gasteiger partial charge in [-0.1, -0.05) is 12.8 Å². The third-order valence-corrected chi connectivity index (χ3v) is 4.43. The van der Waals surface area contributed by atoms with Gasteiger partial charge in [0.25, 0.3) is 0 Å². The Morgan fingerprint density at radius 2 is 2.06 bits per heavy atom. The molecule has 5 heteroatoms. The smallest absolute Gasteiger partial charge is 0.324 e. The topological polar surface area (TPSA) is 61.4 Å². The number of nitrogens with zero attached hydrogens (tertiary/aromatic N) is 1. The molecule has 2 heterocycles. The first-order chi connectivity index (χ1) is 8.74. The molecule has 0 unspecified atom stereocenters. The summed E-state index contributed by atoms with van der Waals surface area (Å²) >= 11 is 0. The predicted octanol–water partition coefficient (Wildman–Crippen LogP) is 0.706. The number of likely N-dealkylation sites (tertiary alicyclic amines) is 1. The highest BCUT2D eigenvalue weighted by atomic mass is 16.2. The molecule has 0 aromatic heterocycles. The van der Waals surface area contributed by atoms with Crippen molar-refractivity contribution in [2.24, 2.45) is 11.8 Å². The van der Waals surface area contributed by atoms with E-state index in [0.717, 1.165) is 32.4 Å². The summed E-state index contributed by atoms with van der Waals surface area (Å²) in [4.78, 5) is 25.8. The Balaban J connectivity index is 1.63. The van der Waals surface area contributed by atoms with Crippen LogP contribution in [0.15, 0.2) is 0 Å². The van der Waals surface area contributed by atoms with Crippen molar-refractivity contribution < 1.29 is 9.59 Å². The van der Waals surface area contributed by atoms with Gasteiger partial charge in [-0.15, -0.1) is 0 Å². The largest absolute Gasteiger partial charge is 0.335 e. The van der Waals surface area contributed by atoms with E-state index in [1.165, 1.54) is 17.7 Å². The Bertz CT molecular complexity index is 352. The number of carbonyl (C=O) groups excluding carboxylic acids is 2. The second-order valence-electron chi connectivity index (χ2n) is 5.84. The van der Waals surface area contributed by atoms with Gasteiger partial charge in [0.15, 0.2) is 0 Å². The van der Waals surface area contributed by atoms with E-state index in [4.69, 9.17) is 0 Å². The molecule has 3 amide bonds. The van der Waals surface area contributed by atoms with Crippen molar-refractivity contribution in [3.05, 3.63) is 0 Å². The molecular formula is C13H21N3O2. The lowest BCUT2D eigenvalue weighted by Crippen LogP contribution is -2.58. The quantitative estimate of drug-likeness (QED) is 0.721. The monoisotopic (exact) mass is 251 g/mol. The zero-order chi connectivity index (χ0) is 12.5. The van der Waals surface area contributed by atoms with Gasteiger partial charge < -0.3 is 10.6 Å². The minimum atomic E-state index is -0.163. The van der Waals surface area contributed by atoms with E-state index < -0.39 is 0 Å². The van der Waals surface area contributed by atoms with Gasteiger partial charge in [-0.3, -0.25) is 9.69 Å². The van der Waals surface area contributed by atoms with Crippen LogP contribution in [-0.4, -0.2) is 42.5 Å². The Morgan fingerprint density at radius 1 is 1.28 bits per heavy atom. The summed E-state index contributed by atoms with van der Waals surface area (Å²) in [6.07, 6.45) is 5.44. The molecule has 2 aliphatic heterocycles. The van der Waals surface area contributed by atoms with Gasteiger partial charge in [0, 0.05) is 19.1 Å². The van der Waals surface area contributed by atoms with Crippen molar-refractivity contribution >= 4 is 11.9 Å². The molecule has 1 saturated carbocycles. The van der Waals surface area contributed by atoms with Crippen molar-refractivity contribution in [1.82, 2.24) is 15.5 Å². The average Bonchev–Trinajstić information content (AvgIpc) is 2.87. The second kappa shape index (κ2) is 4.88. The van der Waals surface area contributed by atoms with Crippen LogP contribution in [0.4, 0.5) is 4.79 Å². The van der Waals surface area contributed by atoms with Gasteiger partial charge in [-0.2, -0.15) is 0 Å². The van der Waals surface area contributed by atoms with Gasteiger partial charge in [-0.05, 0) is 31.7 Å². The summed E-state index contributed by atoms with van der Waals surface area (Å²) in [7, 11) is 0. The van der Waals surface area contributed by atoms with E-state index in [9.17, 15) is 9.59 Å². The fraction of sp³-hybridized carbons (Fsp3) is 0.846. The van der Waals surface area contributed by atoms with Gasteiger partial charge in [0.1, 0.15) is 0 Å². The first-order valence-corrected chi connectivity index (χ1v) is 7.06. The molecule has 0 radical (unpaired) electrons. The van der Waals surface area contributed by atoms with E-state index in [-0.39, 0.29) is 23.9 Å². The second-order valence-corrected chi connectivity index (χ2v) is 5.84. The van der Waals surface area contributed by atoms with Crippen molar-refractivity contribution in [3.8, 4) is 0 Å². The van der Waals surface area contributed by atoms with Crippen molar-refractivity contribution in [1.29, 1.82) is 0 Å². The van der Waals surface area contributed by atoms with E-state index in [2.05, 4.69) is 10.6 Å². The molecule has 100 valence electrons. The Morgan fingerprint density at radius 3 is 2.83 bits per heavy atom. The molecule has 1 aliphatic carbocycles. The number of carbonyl (C=O) groups is 2. The van der Waals surface area contributed by atoms with Crippen LogP contribution < -0.4 is 10.6 Å². The fourth-order valence-electron chi connectivity index (χ4n) is 3.43. The molecule has 0 aromatic rings. The van der Waals surface area contributed by atoms with Crippen molar-refractivity contribution in [3.63, 3.8) is 0 Å². The molecule has 3 fully saturated rings. The standard InChI is InChI=1S/C13H21N3O2/c17-12-10-5-9(6-14-7-10)8-16(12)13(18)15-11-3-1-2-4-11/h9-11,14H,1-8H2,(H,15,18)/t9-,10+/m1/s1. The minimum Gasteiger partial charge on any atom is -0.335 e.